The molecule has 0 aromatic carbocycles. The molecule has 0 aromatic heterocycles. The van der Waals surface area contributed by atoms with Crippen molar-refractivity contribution in [1.29, 1.82) is 0 Å². The standard InChI is InChI=1S/C74H130O6/c1-4-7-10-13-16-19-22-24-26-28-30-31-32-33-34-35-36-37-38-39-40-41-42-43-44-46-47-49-52-55-58-61-64-67-73(76)79-70-71(69-78-72(75)66-63-60-57-54-51-21-18-15-12-9-6-3)80-74(77)68-65-62-59-56-53-50-48-45-29-27-25-23-20-17-14-11-8-5-2/h7,10,16,19-20,23-24,26-27,29-31,33-34,71H,4-6,8-9,11-15,17-18,21-22,25,28,32,35-70H2,1-3H3/b10-7-,19-16-,23-20-,26-24-,29-27-,31-30-,34-33-. The average Bonchev–Trinajstić information content (AvgIpc) is 3.46. The summed E-state index contributed by atoms with van der Waals surface area (Å²) in [4.78, 5) is 38.3. The molecule has 0 heterocycles. The molecule has 6 nitrogen and oxygen atoms in total. The van der Waals surface area contributed by atoms with Crippen molar-refractivity contribution in [3.05, 3.63) is 85.1 Å². The van der Waals surface area contributed by atoms with Gasteiger partial charge in [0.15, 0.2) is 6.10 Å². The van der Waals surface area contributed by atoms with Crippen molar-refractivity contribution in [1.82, 2.24) is 0 Å². The summed E-state index contributed by atoms with van der Waals surface area (Å²) in [5.41, 5.74) is 0. The van der Waals surface area contributed by atoms with Gasteiger partial charge in [-0.1, -0.05) is 318 Å². The molecule has 0 aromatic rings. The Morgan fingerprint density at radius 1 is 0.263 bits per heavy atom. The summed E-state index contributed by atoms with van der Waals surface area (Å²) in [6.45, 7) is 6.54. The molecule has 0 N–H and O–H groups in total. The first-order valence-corrected chi connectivity index (χ1v) is 34.6. The molecule has 0 radical (unpaired) electrons. The van der Waals surface area contributed by atoms with E-state index < -0.39 is 6.10 Å². The number of carbonyl (C=O) groups is 3. The SMILES string of the molecule is CC/C=C\C/C=C\C/C=C\C/C=C\C/C=C\CCCCCCCCCCCCCCCCCCCC(=O)OCC(COC(=O)CCCCCCCCCCCCC)OC(=O)CCCCCCCCC/C=C\C/C=C\CCCCCC. The minimum Gasteiger partial charge on any atom is -0.462 e. The van der Waals surface area contributed by atoms with Crippen LogP contribution in [0.2, 0.25) is 0 Å². The minimum absolute atomic E-state index is 0.0742. The Labute approximate surface area is 496 Å². The molecular formula is C74H130O6. The normalized spacial score (nSPS) is 12.6. The van der Waals surface area contributed by atoms with Crippen molar-refractivity contribution in [2.24, 2.45) is 0 Å². The third-order valence-corrected chi connectivity index (χ3v) is 15.1. The van der Waals surface area contributed by atoms with Crippen LogP contribution in [-0.4, -0.2) is 37.2 Å². The van der Waals surface area contributed by atoms with Gasteiger partial charge in [-0.3, -0.25) is 14.4 Å². The molecule has 0 bridgehead atoms. The van der Waals surface area contributed by atoms with E-state index in [0.717, 1.165) is 103 Å². The predicted octanol–water partition coefficient (Wildman–Crippen LogP) is 23.8. The average molecular weight is 1120 g/mol. The van der Waals surface area contributed by atoms with Gasteiger partial charge in [0.1, 0.15) is 13.2 Å². The van der Waals surface area contributed by atoms with Gasteiger partial charge in [-0.05, 0) is 96.3 Å². The molecule has 1 atom stereocenters. The largest absolute Gasteiger partial charge is 0.462 e. The molecule has 0 aliphatic heterocycles. The zero-order chi connectivity index (χ0) is 57.8. The summed E-state index contributed by atoms with van der Waals surface area (Å²) in [5.74, 6) is -0.865. The molecule has 6 heteroatoms. The first-order chi connectivity index (χ1) is 39.5. The van der Waals surface area contributed by atoms with E-state index in [9.17, 15) is 14.4 Å². The molecule has 0 aliphatic carbocycles. The highest BCUT2D eigenvalue weighted by Gasteiger charge is 2.19. The van der Waals surface area contributed by atoms with Crippen molar-refractivity contribution in [3.63, 3.8) is 0 Å². The molecule has 0 amide bonds. The van der Waals surface area contributed by atoms with Crippen LogP contribution in [0.4, 0.5) is 0 Å². The lowest BCUT2D eigenvalue weighted by Gasteiger charge is -2.18. The highest BCUT2D eigenvalue weighted by molar-refractivity contribution is 5.71. The minimum atomic E-state index is -0.778. The monoisotopic (exact) mass is 1110 g/mol. The molecule has 0 spiro atoms. The topological polar surface area (TPSA) is 78.9 Å². The predicted molar refractivity (Wildman–Crippen MR) is 348 cm³/mol. The van der Waals surface area contributed by atoms with Gasteiger partial charge < -0.3 is 14.2 Å². The van der Waals surface area contributed by atoms with E-state index in [4.69, 9.17) is 14.2 Å². The second-order valence-electron chi connectivity index (χ2n) is 23.1. The third kappa shape index (κ3) is 65.4. The van der Waals surface area contributed by atoms with E-state index in [-0.39, 0.29) is 31.1 Å². The highest BCUT2D eigenvalue weighted by Crippen LogP contribution is 2.17. The van der Waals surface area contributed by atoms with Gasteiger partial charge in [-0.25, -0.2) is 0 Å². The number of ether oxygens (including phenoxy) is 3. The maximum atomic E-state index is 12.9. The van der Waals surface area contributed by atoms with Gasteiger partial charge in [0, 0.05) is 19.3 Å². The quantitative estimate of drug-likeness (QED) is 0.0261. The van der Waals surface area contributed by atoms with Gasteiger partial charge in [0.2, 0.25) is 0 Å². The zero-order valence-electron chi connectivity index (χ0n) is 53.1. The number of hydrogen-bond acceptors (Lipinski definition) is 6. The summed E-state index contributed by atoms with van der Waals surface area (Å²) in [6.07, 6.45) is 90.4. The smallest absolute Gasteiger partial charge is 0.306 e. The van der Waals surface area contributed by atoms with Crippen LogP contribution in [0.5, 0.6) is 0 Å². The first-order valence-electron chi connectivity index (χ1n) is 34.6. The molecule has 0 saturated heterocycles. The number of unbranched alkanes of at least 4 members (excludes halogenated alkanes) is 38. The Morgan fingerprint density at radius 3 is 0.775 bits per heavy atom. The van der Waals surface area contributed by atoms with Crippen LogP contribution >= 0.6 is 0 Å². The maximum absolute atomic E-state index is 12.9. The van der Waals surface area contributed by atoms with Crippen LogP contribution in [0, 0.1) is 0 Å². The molecule has 462 valence electrons. The van der Waals surface area contributed by atoms with Gasteiger partial charge in [-0.15, -0.1) is 0 Å². The molecule has 80 heavy (non-hydrogen) atoms. The number of allylic oxidation sites excluding steroid dienone is 14. The van der Waals surface area contributed by atoms with E-state index in [1.807, 2.05) is 0 Å². The molecule has 0 rings (SSSR count). The van der Waals surface area contributed by atoms with Crippen LogP contribution in [0.25, 0.3) is 0 Å². The lowest BCUT2D eigenvalue weighted by atomic mass is 10.0. The summed E-state index contributed by atoms with van der Waals surface area (Å²) >= 11 is 0. The van der Waals surface area contributed by atoms with Crippen molar-refractivity contribution < 1.29 is 28.6 Å². The summed E-state index contributed by atoms with van der Waals surface area (Å²) in [5, 5.41) is 0. The van der Waals surface area contributed by atoms with E-state index in [2.05, 4.69) is 106 Å². The Bertz CT molecular complexity index is 1520. The van der Waals surface area contributed by atoms with E-state index in [0.29, 0.717) is 19.3 Å². The second-order valence-corrected chi connectivity index (χ2v) is 23.1. The Balaban J connectivity index is 4.14. The maximum Gasteiger partial charge on any atom is 0.306 e. The summed E-state index contributed by atoms with van der Waals surface area (Å²) < 4.78 is 16.9. The number of hydrogen-bond donors (Lipinski definition) is 0. The second kappa shape index (κ2) is 68.1. The number of rotatable bonds is 63. The lowest BCUT2D eigenvalue weighted by Crippen LogP contribution is -2.30. The Morgan fingerprint density at radius 2 is 0.487 bits per heavy atom. The first kappa shape index (κ1) is 76.6. The van der Waals surface area contributed by atoms with Gasteiger partial charge in [0.25, 0.3) is 0 Å². The van der Waals surface area contributed by atoms with Crippen molar-refractivity contribution >= 4 is 17.9 Å². The van der Waals surface area contributed by atoms with E-state index in [1.54, 1.807) is 0 Å². The summed E-state index contributed by atoms with van der Waals surface area (Å²) in [6, 6.07) is 0. The van der Waals surface area contributed by atoms with Crippen LogP contribution in [0.3, 0.4) is 0 Å². The van der Waals surface area contributed by atoms with Crippen LogP contribution in [0.1, 0.15) is 348 Å². The molecule has 1 unspecified atom stereocenters. The Hall–Kier alpha value is -3.41. The van der Waals surface area contributed by atoms with Crippen LogP contribution < -0.4 is 0 Å². The van der Waals surface area contributed by atoms with E-state index in [1.165, 1.54) is 205 Å². The molecule has 0 fully saturated rings. The third-order valence-electron chi connectivity index (χ3n) is 15.1. The van der Waals surface area contributed by atoms with E-state index >= 15 is 0 Å². The molecule has 0 aliphatic rings. The van der Waals surface area contributed by atoms with Gasteiger partial charge in [-0.2, -0.15) is 0 Å². The number of carbonyl (C=O) groups excluding carboxylic acids is 3. The van der Waals surface area contributed by atoms with Gasteiger partial charge >= 0.3 is 17.9 Å². The fraction of sp³-hybridized carbons (Fsp3) is 0.770. The van der Waals surface area contributed by atoms with Crippen molar-refractivity contribution in [2.45, 2.75) is 354 Å². The van der Waals surface area contributed by atoms with Crippen molar-refractivity contribution in [3.8, 4) is 0 Å². The lowest BCUT2D eigenvalue weighted by molar-refractivity contribution is -0.167. The van der Waals surface area contributed by atoms with Crippen molar-refractivity contribution in [2.75, 3.05) is 13.2 Å². The Kier molecular flexibility index (Phi) is 65.2. The van der Waals surface area contributed by atoms with Gasteiger partial charge in [0.05, 0.1) is 0 Å². The highest BCUT2D eigenvalue weighted by atomic mass is 16.6. The fourth-order valence-electron chi connectivity index (χ4n) is 9.97. The van der Waals surface area contributed by atoms with Crippen LogP contribution in [-0.2, 0) is 28.6 Å². The summed E-state index contributed by atoms with van der Waals surface area (Å²) in [7, 11) is 0. The molecule has 0 saturated carbocycles. The fourth-order valence-corrected chi connectivity index (χ4v) is 9.97. The van der Waals surface area contributed by atoms with Crippen LogP contribution in [0.15, 0.2) is 85.1 Å². The zero-order valence-corrected chi connectivity index (χ0v) is 53.1. The molecular weight excluding hydrogens is 985 g/mol. The number of esters is 3.